The van der Waals surface area contributed by atoms with E-state index in [0.717, 1.165) is 0 Å². The summed E-state index contributed by atoms with van der Waals surface area (Å²) in [7, 11) is 0. The smallest absolute Gasteiger partial charge is 0.0358 e. The van der Waals surface area contributed by atoms with E-state index >= 15 is 0 Å². The average molecular weight is 679 g/mol. The molecule has 0 N–H and O–H groups in total. The predicted molar refractivity (Wildman–Crippen MR) is 213 cm³/mol. The van der Waals surface area contributed by atoms with Crippen LogP contribution in [0.25, 0.3) is 62.6 Å². The molecule has 0 amide bonds. The lowest BCUT2D eigenvalue weighted by Gasteiger charge is -2.17. The van der Waals surface area contributed by atoms with Crippen LogP contribution in [-0.2, 0) is 12.8 Å². The molecule has 0 aliphatic carbocycles. The van der Waals surface area contributed by atoms with Gasteiger partial charge < -0.3 is 0 Å². The molecule has 238 valence electrons. The maximum Gasteiger partial charge on any atom is 0.0358 e. The van der Waals surface area contributed by atoms with E-state index in [0.29, 0.717) is 0 Å². The van der Waals surface area contributed by atoms with Gasteiger partial charge in [-0.25, -0.2) is 0 Å². The van der Waals surface area contributed by atoms with Crippen LogP contribution in [0.4, 0.5) is 0 Å². The number of unbranched alkanes of at least 4 members (excludes halogenated alkanes) is 10. The van der Waals surface area contributed by atoms with Gasteiger partial charge in [0.25, 0.3) is 0 Å². The fourth-order valence-corrected chi connectivity index (χ4v) is 11.0. The van der Waals surface area contributed by atoms with Crippen molar-refractivity contribution in [2.75, 3.05) is 0 Å². The highest BCUT2D eigenvalue weighted by Crippen LogP contribution is 2.49. The highest BCUT2D eigenvalue weighted by atomic mass is 32.1. The van der Waals surface area contributed by atoms with Gasteiger partial charge in [0.05, 0.1) is 0 Å². The molecule has 4 heterocycles. The summed E-state index contributed by atoms with van der Waals surface area (Å²) in [5.74, 6) is 0. The first-order chi connectivity index (χ1) is 22.7. The van der Waals surface area contributed by atoms with E-state index in [2.05, 4.69) is 85.3 Å². The number of hydrogen-bond donors (Lipinski definition) is 0. The van der Waals surface area contributed by atoms with Crippen molar-refractivity contribution in [2.24, 2.45) is 0 Å². The minimum absolute atomic E-state index is 1.20. The van der Waals surface area contributed by atoms with Crippen molar-refractivity contribution in [1.82, 2.24) is 0 Å². The van der Waals surface area contributed by atoms with Crippen molar-refractivity contribution in [2.45, 2.75) is 104 Å². The Morgan fingerprint density at radius 2 is 0.848 bits per heavy atom. The molecule has 4 heteroatoms. The molecule has 7 rings (SSSR count). The molecule has 46 heavy (non-hydrogen) atoms. The van der Waals surface area contributed by atoms with Crippen molar-refractivity contribution in [3.8, 4) is 20.9 Å². The molecule has 0 spiro atoms. The van der Waals surface area contributed by atoms with Crippen LogP contribution in [0.15, 0.2) is 71.4 Å². The van der Waals surface area contributed by atoms with Crippen molar-refractivity contribution < 1.29 is 0 Å². The van der Waals surface area contributed by atoms with Gasteiger partial charge in [-0.2, -0.15) is 0 Å². The number of thiophene rings is 4. The van der Waals surface area contributed by atoms with E-state index in [1.165, 1.54) is 162 Å². The summed E-state index contributed by atoms with van der Waals surface area (Å²) in [5.41, 5.74) is 2.86. The van der Waals surface area contributed by atoms with Gasteiger partial charge in [-0.15, -0.1) is 45.3 Å². The Balaban J connectivity index is 1.32. The Labute approximate surface area is 291 Å². The number of fused-ring (bicyclic) bond motifs is 4. The number of hydrogen-bond acceptors (Lipinski definition) is 4. The molecular weight excluding hydrogens is 633 g/mol. The van der Waals surface area contributed by atoms with Crippen LogP contribution < -0.4 is 0 Å². The summed E-state index contributed by atoms with van der Waals surface area (Å²) >= 11 is 7.80. The Kier molecular flexibility index (Phi) is 10.6. The SMILES string of the molecule is CCCCCCCCc1ccc(-c2c3cc4ccsc4cc3c(-c3ccc(CCCCCCCC)s3)c3cc4ccsc4cc23)s1. The van der Waals surface area contributed by atoms with E-state index in [1.54, 1.807) is 0 Å². The minimum atomic E-state index is 1.20. The molecule has 0 atom stereocenters. The lowest BCUT2D eigenvalue weighted by Crippen LogP contribution is -1.89. The first-order valence-corrected chi connectivity index (χ1v) is 21.1. The van der Waals surface area contributed by atoms with Crippen molar-refractivity contribution >= 4 is 87.1 Å². The van der Waals surface area contributed by atoms with E-state index < -0.39 is 0 Å². The zero-order valence-electron chi connectivity index (χ0n) is 27.5. The van der Waals surface area contributed by atoms with Gasteiger partial charge in [0.1, 0.15) is 0 Å². The minimum Gasteiger partial charge on any atom is -0.144 e. The second kappa shape index (κ2) is 15.2. The Morgan fingerprint density at radius 1 is 0.435 bits per heavy atom. The second-order valence-electron chi connectivity index (χ2n) is 13.0. The molecule has 0 radical (unpaired) electrons. The van der Waals surface area contributed by atoms with Gasteiger partial charge >= 0.3 is 0 Å². The third-order valence-electron chi connectivity index (χ3n) is 9.63. The van der Waals surface area contributed by atoms with E-state index in [9.17, 15) is 0 Å². The molecule has 0 saturated heterocycles. The summed E-state index contributed by atoms with van der Waals surface area (Å²) in [5, 5.41) is 12.9. The first kappa shape index (κ1) is 32.1. The molecular formula is C42H46S4. The first-order valence-electron chi connectivity index (χ1n) is 17.7. The fraction of sp³-hybridized carbons (Fsp3) is 0.381. The molecule has 0 saturated carbocycles. The highest BCUT2D eigenvalue weighted by molar-refractivity contribution is 7.18. The molecule has 3 aromatic carbocycles. The van der Waals surface area contributed by atoms with Crippen molar-refractivity contribution in [3.63, 3.8) is 0 Å². The molecule has 4 aromatic heterocycles. The van der Waals surface area contributed by atoms with Crippen LogP contribution in [0.2, 0.25) is 0 Å². The Bertz CT molecular complexity index is 1810. The predicted octanol–water partition coefficient (Wildman–Crippen LogP) is 15.7. The monoisotopic (exact) mass is 678 g/mol. The summed E-state index contributed by atoms with van der Waals surface area (Å²) in [6, 6.07) is 24.3. The van der Waals surface area contributed by atoms with Crippen molar-refractivity contribution in [1.29, 1.82) is 0 Å². The maximum absolute atomic E-state index is 2.50. The van der Waals surface area contributed by atoms with Gasteiger partial charge in [0.2, 0.25) is 0 Å². The number of aryl methyl sites for hydroxylation is 2. The topological polar surface area (TPSA) is 0 Å². The van der Waals surface area contributed by atoms with Crippen molar-refractivity contribution in [3.05, 3.63) is 81.2 Å². The van der Waals surface area contributed by atoms with E-state index in [1.807, 2.05) is 45.3 Å². The summed E-state index contributed by atoms with van der Waals surface area (Å²) in [6.45, 7) is 4.60. The fourth-order valence-electron chi connectivity index (χ4n) is 7.12. The molecule has 0 aliphatic heterocycles. The second-order valence-corrected chi connectivity index (χ2v) is 17.3. The molecule has 0 bridgehead atoms. The van der Waals surface area contributed by atoms with Gasteiger partial charge in [-0.3, -0.25) is 0 Å². The number of rotatable bonds is 16. The zero-order chi connectivity index (χ0) is 31.3. The average Bonchev–Trinajstić information content (AvgIpc) is 3.89. The summed E-state index contributed by atoms with van der Waals surface area (Å²) in [4.78, 5) is 5.90. The summed E-state index contributed by atoms with van der Waals surface area (Å²) in [6.07, 6.45) is 18.6. The van der Waals surface area contributed by atoms with Gasteiger partial charge in [-0.05, 0) is 129 Å². The van der Waals surface area contributed by atoms with E-state index in [-0.39, 0.29) is 0 Å². The van der Waals surface area contributed by atoms with Crippen LogP contribution in [0.5, 0.6) is 0 Å². The Hall–Kier alpha value is -2.50. The lowest BCUT2D eigenvalue weighted by molar-refractivity contribution is 0.609. The van der Waals surface area contributed by atoms with E-state index in [4.69, 9.17) is 0 Å². The lowest BCUT2D eigenvalue weighted by atomic mass is 9.89. The highest BCUT2D eigenvalue weighted by Gasteiger charge is 2.21. The van der Waals surface area contributed by atoms with Crippen LogP contribution in [0.3, 0.4) is 0 Å². The standard InChI is InChI=1S/C42H46S4/c1-3-5-7-9-11-13-15-31-17-19-37(45-31)41-33-25-29-21-23-44-40(29)28-36(33)42(34-26-30-22-24-43-39(30)27-35(34)41)38-20-18-32(46-38)16-14-12-10-8-6-4-2/h17-28H,3-16H2,1-2H3. The Morgan fingerprint density at radius 3 is 1.30 bits per heavy atom. The third-order valence-corrected chi connectivity index (χ3v) is 13.7. The quantitative estimate of drug-likeness (QED) is 0.0705. The molecule has 0 fully saturated rings. The normalized spacial score (nSPS) is 12.0. The van der Waals surface area contributed by atoms with Gasteiger partial charge in [-0.1, -0.05) is 78.1 Å². The molecule has 0 aliphatic rings. The molecule has 7 aromatic rings. The van der Waals surface area contributed by atoms with Gasteiger partial charge in [0.15, 0.2) is 0 Å². The third kappa shape index (κ3) is 6.88. The van der Waals surface area contributed by atoms with Gasteiger partial charge in [0, 0.05) is 40.0 Å². The summed E-state index contributed by atoms with van der Waals surface area (Å²) < 4.78 is 2.77. The zero-order valence-corrected chi connectivity index (χ0v) is 30.7. The van der Waals surface area contributed by atoms with Crippen LogP contribution in [0, 0.1) is 0 Å². The molecule has 0 nitrogen and oxygen atoms in total. The van der Waals surface area contributed by atoms with Crippen LogP contribution in [0.1, 0.15) is 101 Å². The maximum atomic E-state index is 2.50. The largest absolute Gasteiger partial charge is 0.144 e. The van der Waals surface area contributed by atoms with Crippen LogP contribution >= 0.6 is 45.3 Å². The number of benzene rings is 3. The van der Waals surface area contributed by atoms with Crippen LogP contribution in [-0.4, -0.2) is 0 Å². The molecule has 0 unspecified atom stereocenters.